The lowest BCUT2D eigenvalue weighted by Gasteiger charge is -2.01. The summed E-state index contributed by atoms with van der Waals surface area (Å²) in [5, 5.41) is 9.79. The van der Waals surface area contributed by atoms with Gasteiger partial charge in [0.25, 0.3) is 0 Å². The molecule has 0 bridgehead atoms. The number of carbonyl (C=O) groups excluding carboxylic acids is 1. The number of hydrogen-bond acceptors (Lipinski definition) is 5. The van der Waals surface area contributed by atoms with Crippen LogP contribution in [0.1, 0.15) is 11.8 Å². The van der Waals surface area contributed by atoms with Gasteiger partial charge in [0.05, 0.1) is 12.0 Å². The van der Waals surface area contributed by atoms with Crippen LogP contribution in [0, 0.1) is 3.95 Å². The van der Waals surface area contributed by atoms with Gasteiger partial charge in [-0.1, -0.05) is 0 Å². The Bertz CT molecular complexity index is 507. The molecule has 1 N–H and O–H groups in total. The minimum atomic E-state index is -0.453. The summed E-state index contributed by atoms with van der Waals surface area (Å²) in [5.41, 5.74) is 2.84. The number of ether oxygens (including phenoxy) is 1. The van der Waals surface area contributed by atoms with Crippen molar-refractivity contribution < 1.29 is 14.6 Å². The van der Waals surface area contributed by atoms with Crippen molar-refractivity contribution in [1.29, 1.82) is 0 Å². The number of nitrogens with zero attached hydrogens (tertiary/aromatic N) is 1. The van der Waals surface area contributed by atoms with Crippen LogP contribution >= 0.6 is 23.6 Å². The number of esters is 1. The fourth-order valence-electron chi connectivity index (χ4n) is 1.00. The van der Waals surface area contributed by atoms with Crippen LogP contribution in [0.15, 0.2) is 11.8 Å². The van der Waals surface area contributed by atoms with E-state index in [1.807, 2.05) is 6.92 Å². The van der Waals surface area contributed by atoms with E-state index >= 15 is 0 Å². The summed E-state index contributed by atoms with van der Waals surface area (Å²) in [6.45, 7) is 1.74. The molecule has 0 unspecified atom stereocenters. The van der Waals surface area contributed by atoms with Crippen molar-refractivity contribution in [2.75, 3.05) is 7.11 Å². The first-order valence-electron chi connectivity index (χ1n) is 4.46. The van der Waals surface area contributed by atoms with Gasteiger partial charge in [-0.05, 0) is 25.2 Å². The standard InChI is InChI=1S/C10H11NO3S2/c1-3-4-5-7-9(13)11(10(15)16-7)6-8(12)14-2/h3,5,13H,6H2,1-2H3. The van der Waals surface area contributed by atoms with Crippen LogP contribution in [-0.2, 0) is 16.1 Å². The van der Waals surface area contributed by atoms with Gasteiger partial charge in [-0.15, -0.1) is 17.1 Å². The molecular formula is C10H11NO3S2. The normalized spacial score (nSPS) is 9.38. The molecule has 4 nitrogen and oxygen atoms in total. The summed E-state index contributed by atoms with van der Waals surface area (Å²) in [4.78, 5) is 11.7. The molecule has 0 aliphatic carbocycles. The van der Waals surface area contributed by atoms with Crippen LogP contribution in [0.25, 0.3) is 6.08 Å². The van der Waals surface area contributed by atoms with E-state index < -0.39 is 5.97 Å². The molecule has 0 aliphatic rings. The molecule has 86 valence electrons. The SMILES string of the molecule is CC=C=Cc1sc(=S)n(CC(=O)OC)c1O. The minimum absolute atomic E-state index is 0.0326. The number of allylic oxidation sites excluding steroid dienone is 1. The lowest BCUT2D eigenvalue weighted by molar-refractivity contribution is -0.141. The second kappa shape index (κ2) is 5.65. The van der Waals surface area contributed by atoms with Crippen molar-refractivity contribution >= 4 is 35.6 Å². The first kappa shape index (κ1) is 12.7. The zero-order valence-corrected chi connectivity index (χ0v) is 10.5. The fraction of sp³-hybridized carbons (Fsp3) is 0.300. The van der Waals surface area contributed by atoms with Crippen LogP contribution in [0.2, 0.25) is 0 Å². The van der Waals surface area contributed by atoms with E-state index in [-0.39, 0.29) is 12.4 Å². The van der Waals surface area contributed by atoms with Crippen molar-refractivity contribution in [3.63, 3.8) is 0 Å². The Balaban J connectivity index is 3.12. The summed E-state index contributed by atoms with van der Waals surface area (Å²) < 4.78 is 6.26. The van der Waals surface area contributed by atoms with E-state index in [1.165, 1.54) is 23.0 Å². The monoisotopic (exact) mass is 257 g/mol. The van der Waals surface area contributed by atoms with Gasteiger partial charge in [0.2, 0.25) is 5.88 Å². The van der Waals surface area contributed by atoms with Gasteiger partial charge in [0.15, 0.2) is 3.95 Å². The molecule has 6 heteroatoms. The van der Waals surface area contributed by atoms with Gasteiger partial charge in [0.1, 0.15) is 6.54 Å². The third-order valence-corrected chi connectivity index (χ3v) is 3.18. The molecule has 0 radical (unpaired) electrons. The van der Waals surface area contributed by atoms with Crippen LogP contribution in [0.3, 0.4) is 0 Å². The predicted octanol–water partition coefficient (Wildman–Crippen LogP) is 2.35. The Labute approximate surface area is 102 Å². The van der Waals surface area contributed by atoms with Crippen molar-refractivity contribution in [2.45, 2.75) is 13.5 Å². The molecule has 0 spiro atoms. The van der Waals surface area contributed by atoms with Gasteiger partial charge < -0.3 is 9.84 Å². The zero-order chi connectivity index (χ0) is 12.1. The molecule has 0 aromatic carbocycles. The van der Waals surface area contributed by atoms with Crippen molar-refractivity contribution in [3.05, 3.63) is 20.6 Å². The topological polar surface area (TPSA) is 51.5 Å². The molecule has 16 heavy (non-hydrogen) atoms. The number of aromatic hydroxyl groups is 1. The predicted molar refractivity (Wildman–Crippen MR) is 65.0 cm³/mol. The van der Waals surface area contributed by atoms with Crippen molar-refractivity contribution in [3.8, 4) is 5.88 Å². The second-order valence-corrected chi connectivity index (χ2v) is 4.49. The summed E-state index contributed by atoms with van der Waals surface area (Å²) >= 11 is 6.25. The molecule has 1 aromatic heterocycles. The Kier molecular flexibility index (Phi) is 4.49. The first-order chi connectivity index (χ1) is 7.60. The van der Waals surface area contributed by atoms with E-state index in [0.29, 0.717) is 8.83 Å². The van der Waals surface area contributed by atoms with E-state index in [1.54, 1.807) is 12.2 Å². The molecule has 0 fully saturated rings. The highest BCUT2D eigenvalue weighted by Gasteiger charge is 2.12. The number of rotatable bonds is 3. The van der Waals surface area contributed by atoms with Crippen LogP contribution in [0.4, 0.5) is 0 Å². The van der Waals surface area contributed by atoms with Gasteiger partial charge in [-0.2, -0.15) is 0 Å². The average Bonchev–Trinajstić information content (AvgIpc) is 2.53. The summed E-state index contributed by atoms with van der Waals surface area (Å²) in [5.74, 6) is -0.486. The average molecular weight is 257 g/mol. The zero-order valence-electron chi connectivity index (χ0n) is 8.89. The van der Waals surface area contributed by atoms with Crippen LogP contribution in [-0.4, -0.2) is 22.8 Å². The maximum absolute atomic E-state index is 11.1. The summed E-state index contributed by atoms with van der Waals surface area (Å²) in [7, 11) is 1.29. The van der Waals surface area contributed by atoms with Crippen molar-refractivity contribution in [1.82, 2.24) is 4.57 Å². The highest BCUT2D eigenvalue weighted by atomic mass is 32.1. The number of carbonyl (C=O) groups is 1. The molecule has 1 aromatic rings. The first-order valence-corrected chi connectivity index (χ1v) is 5.69. The number of hydrogen-bond donors (Lipinski definition) is 1. The molecule has 1 heterocycles. The fourth-order valence-corrected chi connectivity index (χ4v) is 2.20. The lowest BCUT2D eigenvalue weighted by Crippen LogP contribution is -2.10. The van der Waals surface area contributed by atoms with E-state index in [2.05, 4.69) is 10.5 Å². The summed E-state index contributed by atoms with van der Waals surface area (Å²) in [6.07, 6.45) is 3.33. The smallest absolute Gasteiger partial charge is 0.325 e. The third-order valence-electron chi connectivity index (χ3n) is 1.79. The number of aromatic nitrogens is 1. The van der Waals surface area contributed by atoms with Crippen LogP contribution < -0.4 is 0 Å². The van der Waals surface area contributed by atoms with E-state index in [4.69, 9.17) is 12.2 Å². The summed E-state index contributed by atoms with van der Waals surface area (Å²) in [6, 6.07) is 0. The largest absolute Gasteiger partial charge is 0.493 e. The highest BCUT2D eigenvalue weighted by molar-refractivity contribution is 7.73. The van der Waals surface area contributed by atoms with Crippen molar-refractivity contribution in [2.24, 2.45) is 0 Å². The van der Waals surface area contributed by atoms with E-state index in [9.17, 15) is 9.90 Å². The van der Waals surface area contributed by atoms with Gasteiger partial charge in [0, 0.05) is 6.08 Å². The molecular weight excluding hydrogens is 246 g/mol. The molecule has 1 rings (SSSR count). The highest BCUT2D eigenvalue weighted by Crippen LogP contribution is 2.26. The second-order valence-electron chi connectivity index (χ2n) is 2.82. The Hall–Kier alpha value is -1.36. The molecule has 0 atom stereocenters. The number of methoxy groups -OCH3 is 1. The Morgan fingerprint density at radius 2 is 2.44 bits per heavy atom. The molecule has 0 aliphatic heterocycles. The number of thiazole rings is 1. The maximum atomic E-state index is 11.1. The van der Waals surface area contributed by atoms with Gasteiger partial charge >= 0.3 is 5.97 Å². The van der Waals surface area contributed by atoms with Crippen LogP contribution in [0.5, 0.6) is 5.88 Å². The Morgan fingerprint density at radius 3 is 3.00 bits per heavy atom. The third kappa shape index (κ3) is 2.82. The lowest BCUT2D eigenvalue weighted by atomic mass is 10.4. The maximum Gasteiger partial charge on any atom is 0.325 e. The van der Waals surface area contributed by atoms with Gasteiger partial charge in [-0.3, -0.25) is 9.36 Å². The minimum Gasteiger partial charge on any atom is -0.493 e. The molecule has 0 amide bonds. The quantitative estimate of drug-likeness (QED) is 0.513. The Morgan fingerprint density at radius 1 is 1.75 bits per heavy atom. The molecule has 0 saturated heterocycles. The molecule has 0 saturated carbocycles. The van der Waals surface area contributed by atoms with E-state index in [0.717, 1.165) is 0 Å². The van der Waals surface area contributed by atoms with Gasteiger partial charge in [-0.25, -0.2) is 0 Å².